The van der Waals surface area contributed by atoms with Gasteiger partial charge in [-0.25, -0.2) is 4.79 Å². The monoisotopic (exact) mass is 318 g/mol. The van der Waals surface area contributed by atoms with E-state index < -0.39 is 5.63 Å². The van der Waals surface area contributed by atoms with E-state index in [0.717, 1.165) is 35.1 Å². The number of hydrogen-bond acceptors (Lipinski definition) is 3. The Hall–Kier alpha value is -1.74. The highest BCUT2D eigenvalue weighted by atomic mass is 35.5. The molecule has 0 bridgehead atoms. The fraction of sp³-hybridized carbons (Fsp3) is 0.389. The summed E-state index contributed by atoms with van der Waals surface area (Å²) < 4.78 is 5.47. The molecule has 1 aliphatic carbocycles. The smallest absolute Gasteiger partial charge is 0.347 e. The fourth-order valence-corrected chi connectivity index (χ4v) is 3.79. The number of halogens is 1. The normalized spacial score (nSPS) is 17.4. The molecule has 1 aromatic heterocycles. The minimum atomic E-state index is -0.515. The van der Waals surface area contributed by atoms with Crippen LogP contribution in [0, 0.1) is 20.8 Å². The summed E-state index contributed by atoms with van der Waals surface area (Å²) in [7, 11) is 0. The van der Waals surface area contributed by atoms with Gasteiger partial charge < -0.3 is 9.52 Å². The van der Waals surface area contributed by atoms with E-state index in [1.807, 2.05) is 32.9 Å². The maximum absolute atomic E-state index is 12.5. The van der Waals surface area contributed by atoms with Crippen LogP contribution in [0.25, 0.3) is 11.1 Å². The molecule has 4 heteroatoms. The molecule has 3 rings (SSSR count). The highest BCUT2D eigenvalue weighted by Gasteiger charge is 2.28. The Bertz CT molecular complexity index is 782. The molecule has 0 saturated heterocycles. The predicted molar refractivity (Wildman–Crippen MR) is 87.8 cm³/mol. The summed E-state index contributed by atoms with van der Waals surface area (Å²) in [6.45, 7) is 5.90. The maximum Gasteiger partial charge on any atom is 0.347 e. The largest absolute Gasteiger partial charge is 0.507 e. The molecule has 1 unspecified atom stereocenters. The van der Waals surface area contributed by atoms with Gasteiger partial charge in [-0.3, -0.25) is 0 Å². The van der Waals surface area contributed by atoms with Crippen LogP contribution in [-0.4, -0.2) is 5.11 Å². The zero-order chi connectivity index (χ0) is 16.0. The molecule has 1 heterocycles. The van der Waals surface area contributed by atoms with E-state index in [0.29, 0.717) is 17.7 Å². The molecular weight excluding hydrogens is 300 g/mol. The topological polar surface area (TPSA) is 50.4 Å². The number of alkyl halides is 1. The molecule has 1 aromatic carbocycles. The Morgan fingerprint density at radius 2 is 1.82 bits per heavy atom. The summed E-state index contributed by atoms with van der Waals surface area (Å²) in [6.07, 6.45) is 2.33. The van der Waals surface area contributed by atoms with Gasteiger partial charge in [-0.15, -0.1) is 11.6 Å². The van der Waals surface area contributed by atoms with Crippen molar-refractivity contribution in [3.63, 3.8) is 0 Å². The Labute approximate surface area is 134 Å². The van der Waals surface area contributed by atoms with Crippen LogP contribution in [0.1, 0.15) is 46.2 Å². The number of fused-ring (bicyclic) bond motifs is 1. The lowest BCUT2D eigenvalue weighted by Crippen LogP contribution is -2.14. The molecular formula is C18H19ClO3. The molecule has 2 aromatic rings. The third-order valence-corrected chi connectivity index (χ3v) is 4.74. The van der Waals surface area contributed by atoms with E-state index in [-0.39, 0.29) is 16.7 Å². The van der Waals surface area contributed by atoms with Crippen LogP contribution in [0.4, 0.5) is 0 Å². The zero-order valence-electron chi connectivity index (χ0n) is 13.0. The van der Waals surface area contributed by atoms with Crippen molar-refractivity contribution in [2.75, 3.05) is 0 Å². The average molecular weight is 319 g/mol. The van der Waals surface area contributed by atoms with Crippen molar-refractivity contribution < 1.29 is 9.52 Å². The Balaban J connectivity index is 2.32. The van der Waals surface area contributed by atoms with Crippen molar-refractivity contribution in [2.45, 2.75) is 45.4 Å². The number of benzene rings is 1. The van der Waals surface area contributed by atoms with Gasteiger partial charge >= 0.3 is 5.63 Å². The van der Waals surface area contributed by atoms with E-state index in [9.17, 15) is 9.90 Å². The minimum Gasteiger partial charge on any atom is -0.507 e. The molecule has 1 N–H and O–H groups in total. The molecule has 0 spiro atoms. The summed E-state index contributed by atoms with van der Waals surface area (Å²) in [5.41, 5.74) is 4.23. The zero-order valence-corrected chi connectivity index (χ0v) is 13.8. The van der Waals surface area contributed by atoms with Crippen molar-refractivity contribution in [1.82, 2.24) is 0 Å². The summed E-state index contributed by atoms with van der Waals surface area (Å²) in [4.78, 5) is 12.5. The second kappa shape index (κ2) is 5.47. The van der Waals surface area contributed by atoms with Gasteiger partial charge in [-0.2, -0.15) is 0 Å². The number of aryl methyl sites for hydroxylation is 3. The van der Waals surface area contributed by atoms with Gasteiger partial charge in [0.15, 0.2) is 0 Å². The molecule has 1 atom stereocenters. The molecule has 116 valence electrons. The van der Waals surface area contributed by atoms with Crippen molar-refractivity contribution >= 4 is 11.6 Å². The first-order chi connectivity index (χ1) is 10.4. The Kier molecular flexibility index (Phi) is 3.77. The molecule has 3 nitrogen and oxygen atoms in total. The SMILES string of the molecule is Cc1cc(C)c(-c2c(O)c3c(oc2=O)C(Cl)CCC3)c(C)c1. The fourth-order valence-electron chi connectivity index (χ4n) is 3.46. The van der Waals surface area contributed by atoms with Gasteiger partial charge in [-0.1, -0.05) is 17.7 Å². The maximum atomic E-state index is 12.5. The van der Waals surface area contributed by atoms with Crippen LogP contribution >= 0.6 is 11.6 Å². The van der Waals surface area contributed by atoms with Crippen LogP contribution in [0.2, 0.25) is 0 Å². The van der Waals surface area contributed by atoms with Crippen molar-refractivity contribution in [2.24, 2.45) is 0 Å². The highest BCUT2D eigenvalue weighted by Crippen LogP contribution is 2.42. The van der Waals surface area contributed by atoms with E-state index in [1.54, 1.807) is 0 Å². The molecule has 0 saturated carbocycles. The summed E-state index contributed by atoms with van der Waals surface area (Å²) in [6, 6.07) is 4.01. The van der Waals surface area contributed by atoms with E-state index in [2.05, 4.69) is 0 Å². The standard InChI is InChI=1S/C18H19ClO3/c1-9-7-10(2)14(11(3)8-9)15-16(20)12-5-4-6-13(19)17(12)22-18(15)21/h7-8,13,20H,4-6H2,1-3H3. The number of aromatic hydroxyl groups is 1. The second-order valence-electron chi connectivity index (χ2n) is 6.09. The summed E-state index contributed by atoms with van der Waals surface area (Å²) in [5, 5.41) is 10.3. The number of rotatable bonds is 1. The van der Waals surface area contributed by atoms with Gasteiger partial charge in [0, 0.05) is 5.56 Å². The first kappa shape index (κ1) is 15.2. The Morgan fingerprint density at radius 1 is 1.18 bits per heavy atom. The van der Waals surface area contributed by atoms with Crippen LogP contribution in [0.3, 0.4) is 0 Å². The third kappa shape index (κ3) is 2.34. The van der Waals surface area contributed by atoms with Crippen LogP contribution in [-0.2, 0) is 6.42 Å². The van der Waals surface area contributed by atoms with Gasteiger partial charge in [0.1, 0.15) is 17.1 Å². The summed E-state index contributed by atoms with van der Waals surface area (Å²) in [5.74, 6) is 0.466. The average Bonchev–Trinajstić information content (AvgIpc) is 2.42. The quantitative estimate of drug-likeness (QED) is 0.784. The molecule has 0 amide bonds. The Morgan fingerprint density at radius 3 is 2.45 bits per heavy atom. The van der Waals surface area contributed by atoms with Gasteiger partial charge in [0.25, 0.3) is 0 Å². The number of hydrogen-bond donors (Lipinski definition) is 1. The molecule has 22 heavy (non-hydrogen) atoms. The molecule has 1 aliphatic rings. The molecule has 0 aliphatic heterocycles. The second-order valence-corrected chi connectivity index (χ2v) is 6.62. The third-order valence-electron chi connectivity index (χ3n) is 4.32. The van der Waals surface area contributed by atoms with E-state index in [4.69, 9.17) is 16.0 Å². The minimum absolute atomic E-state index is 0.0339. The lowest BCUT2D eigenvalue weighted by Gasteiger charge is -2.21. The first-order valence-corrected chi connectivity index (χ1v) is 7.95. The van der Waals surface area contributed by atoms with Gasteiger partial charge in [-0.05, 0) is 56.7 Å². The van der Waals surface area contributed by atoms with Crippen LogP contribution in [0.5, 0.6) is 5.75 Å². The van der Waals surface area contributed by atoms with Crippen LogP contribution < -0.4 is 5.63 Å². The lowest BCUT2D eigenvalue weighted by atomic mass is 9.90. The van der Waals surface area contributed by atoms with Crippen molar-refractivity contribution in [1.29, 1.82) is 0 Å². The molecule has 0 radical (unpaired) electrons. The van der Waals surface area contributed by atoms with Crippen LogP contribution in [0.15, 0.2) is 21.3 Å². The first-order valence-electron chi connectivity index (χ1n) is 7.51. The highest BCUT2D eigenvalue weighted by molar-refractivity contribution is 6.20. The lowest BCUT2D eigenvalue weighted by molar-refractivity contribution is 0.392. The van der Waals surface area contributed by atoms with Crippen molar-refractivity contribution in [3.05, 3.63) is 50.6 Å². The van der Waals surface area contributed by atoms with Gasteiger partial charge in [0.2, 0.25) is 0 Å². The van der Waals surface area contributed by atoms with E-state index >= 15 is 0 Å². The van der Waals surface area contributed by atoms with Crippen molar-refractivity contribution in [3.8, 4) is 16.9 Å². The van der Waals surface area contributed by atoms with E-state index in [1.165, 1.54) is 0 Å². The molecule has 0 fully saturated rings. The predicted octanol–water partition coefficient (Wildman–Crippen LogP) is 4.55. The summed E-state index contributed by atoms with van der Waals surface area (Å²) >= 11 is 6.23. The van der Waals surface area contributed by atoms with Gasteiger partial charge in [0.05, 0.1) is 5.38 Å².